The average Bonchev–Trinajstić information content (AvgIpc) is 2.72. The van der Waals surface area contributed by atoms with E-state index >= 15 is 0 Å². The maximum absolute atomic E-state index is 13.5. The van der Waals surface area contributed by atoms with Crippen molar-refractivity contribution in [2.75, 3.05) is 18.0 Å². The summed E-state index contributed by atoms with van der Waals surface area (Å²) in [6, 6.07) is 4.58. The van der Waals surface area contributed by atoms with Crippen molar-refractivity contribution in [3.8, 4) is 0 Å². The minimum Gasteiger partial charge on any atom is -0.442 e. The summed E-state index contributed by atoms with van der Waals surface area (Å²) >= 11 is 0. The van der Waals surface area contributed by atoms with Crippen LogP contribution in [0.1, 0.15) is 6.92 Å². The van der Waals surface area contributed by atoms with Crippen molar-refractivity contribution < 1.29 is 18.7 Å². The second-order valence-electron chi connectivity index (χ2n) is 4.49. The first-order valence-electron chi connectivity index (χ1n) is 5.96. The van der Waals surface area contributed by atoms with Crippen molar-refractivity contribution in [1.29, 1.82) is 0 Å². The molecule has 2 rings (SSSR count). The quantitative estimate of drug-likeness (QED) is 0.752. The number of nitrogens with one attached hydrogen (secondary N) is 1. The molecule has 100 valence electrons. The molecule has 1 heterocycles. The maximum atomic E-state index is 13.5. The number of nitrogens with zero attached hydrogens (tertiary/aromatic N) is 1. The predicted octanol–water partition coefficient (Wildman–Crippen LogP) is -0.455. The van der Waals surface area contributed by atoms with E-state index in [0.717, 1.165) is 0 Å². The number of benzene rings is 1. The number of carbonyl (C=O) groups is 2. The highest BCUT2D eigenvalue weighted by atomic mass is 19.1. The van der Waals surface area contributed by atoms with Crippen LogP contribution in [0, 0.1) is 5.82 Å². The smallest absolute Gasteiger partial charge is 0.414 e. The number of anilines is 1. The zero-order chi connectivity index (χ0) is 14.0. The van der Waals surface area contributed by atoms with E-state index < -0.39 is 12.2 Å². The van der Waals surface area contributed by atoms with Gasteiger partial charge in [-0.25, -0.2) is 9.18 Å². The first-order chi connectivity index (χ1) is 8.97. The fourth-order valence-corrected chi connectivity index (χ4v) is 1.85. The highest BCUT2D eigenvalue weighted by Gasteiger charge is 2.32. The molecule has 1 atom stereocenters. The Kier molecular flexibility index (Phi) is 3.73. The number of hydrogen-bond acceptors (Lipinski definition) is 3. The molecule has 1 aliphatic rings. The number of ether oxygens (including phenoxy) is 1. The summed E-state index contributed by atoms with van der Waals surface area (Å²) in [5.41, 5.74) is 0.976. The molecule has 1 aliphatic heterocycles. The third kappa shape index (κ3) is 3.04. The van der Waals surface area contributed by atoms with Crippen molar-refractivity contribution >= 4 is 31.0 Å². The topological polar surface area (TPSA) is 58.6 Å². The Morgan fingerprint density at radius 1 is 1.63 bits per heavy atom. The number of halogens is 1. The lowest BCUT2D eigenvalue weighted by Crippen LogP contribution is -2.33. The van der Waals surface area contributed by atoms with Crippen molar-refractivity contribution in [2.24, 2.45) is 0 Å². The van der Waals surface area contributed by atoms with Crippen molar-refractivity contribution in [3.05, 3.63) is 24.0 Å². The van der Waals surface area contributed by atoms with Crippen LogP contribution in [-0.4, -0.2) is 39.0 Å². The van der Waals surface area contributed by atoms with Crippen molar-refractivity contribution in [3.63, 3.8) is 0 Å². The molecule has 5 nitrogen and oxygen atoms in total. The van der Waals surface area contributed by atoms with E-state index in [9.17, 15) is 14.0 Å². The van der Waals surface area contributed by atoms with Crippen LogP contribution in [0.4, 0.5) is 14.9 Å². The molecule has 19 heavy (non-hydrogen) atoms. The zero-order valence-corrected chi connectivity index (χ0v) is 10.8. The van der Waals surface area contributed by atoms with Crippen LogP contribution < -0.4 is 15.7 Å². The van der Waals surface area contributed by atoms with E-state index in [0.29, 0.717) is 17.7 Å². The molecule has 0 saturated carbocycles. The molecule has 0 aromatic heterocycles. The fraction of sp³-hybridized carbons (Fsp3) is 0.333. The van der Waals surface area contributed by atoms with Gasteiger partial charge in [-0.3, -0.25) is 9.69 Å². The summed E-state index contributed by atoms with van der Waals surface area (Å²) in [5.74, 6) is -0.550. The SMILES string of the molecule is Bc1ccc(N2C[C@H](CNC(C)=O)OC2=O)cc1F. The summed E-state index contributed by atoms with van der Waals surface area (Å²) in [6.07, 6.45) is -0.945. The predicted molar refractivity (Wildman–Crippen MR) is 70.9 cm³/mol. The molecule has 1 aromatic rings. The third-order valence-corrected chi connectivity index (χ3v) is 2.92. The highest BCUT2D eigenvalue weighted by Crippen LogP contribution is 2.21. The fourth-order valence-electron chi connectivity index (χ4n) is 1.85. The first kappa shape index (κ1) is 13.4. The van der Waals surface area contributed by atoms with Gasteiger partial charge in [0.05, 0.1) is 18.8 Å². The lowest BCUT2D eigenvalue weighted by atomic mass is 9.95. The molecule has 1 N–H and O–H groups in total. The van der Waals surface area contributed by atoms with Crippen LogP contribution in [-0.2, 0) is 9.53 Å². The van der Waals surface area contributed by atoms with E-state index in [2.05, 4.69) is 5.32 Å². The van der Waals surface area contributed by atoms with Gasteiger partial charge in [-0.1, -0.05) is 11.5 Å². The van der Waals surface area contributed by atoms with E-state index in [1.807, 2.05) is 0 Å². The molecular formula is C12H14BFN2O3. The number of hydrogen-bond donors (Lipinski definition) is 1. The van der Waals surface area contributed by atoms with Crippen LogP contribution in [0.5, 0.6) is 0 Å². The molecule has 1 saturated heterocycles. The lowest BCUT2D eigenvalue weighted by molar-refractivity contribution is -0.119. The van der Waals surface area contributed by atoms with Crippen LogP contribution in [0.2, 0.25) is 0 Å². The number of rotatable bonds is 3. The van der Waals surface area contributed by atoms with Gasteiger partial charge < -0.3 is 10.1 Å². The number of carbonyl (C=O) groups excluding carboxylic acids is 2. The van der Waals surface area contributed by atoms with Crippen LogP contribution in [0.25, 0.3) is 0 Å². The molecule has 0 spiro atoms. The molecule has 1 fully saturated rings. The van der Waals surface area contributed by atoms with E-state index in [-0.39, 0.29) is 18.3 Å². The standard InChI is InChI=1S/C12H14BFN2O3/c1-7(17)15-5-9-6-16(12(18)19-9)8-2-3-10(13)11(14)4-8/h2-4,9H,5-6,13H2,1H3,(H,15,17)/t9-/m0/s1. The van der Waals surface area contributed by atoms with E-state index in [1.165, 1.54) is 17.9 Å². The summed E-state index contributed by atoms with van der Waals surface area (Å²) in [4.78, 5) is 23.9. The van der Waals surface area contributed by atoms with Gasteiger partial charge in [0.15, 0.2) is 0 Å². The number of amides is 2. The summed E-state index contributed by atoms with van der Waals surface area (Å²) in [7, 11) is 1.65. The maximum Gasteiger partial charge on any atom is 0.414 e. The zero-order valence-electron chi connectivity index (χ0n) is 10.8. The van der Waals surface area contributed by atoms with Gasteiger partial charge in [-0.15, -0.1) is 0 Å². The normalized spacial score (nSPS) is 18.3. The Hall–Kier alpha value is -2.05. The second kappa shape index (κ2) is 5.30. The van der Waals surface area contributed by atoms with Gasteiger partial charge in [0.1, 0.15) is 19.8 Å². The number of cyclic esters (lactones) is 1. The monoisotopic (exact) mass is 264 g/mol. The Morgan fingerprint density at radius 3 is 3.00 bits per heavy atom. The Balaban J connectivity index is 2.07. The van der Waals surface area contributed by atoms with Gasteiger partial charge in [0, 0.05) is 6.92 Å². The summed E-state index contributed by atoms with van der Waals surface area (Å²) < 4.78 is 18.6. The molecular weight excluding hydrogens is 250 g/mol. The second-order valence-corrected chi connectivity index (χ2v) is 4.49. The minimum absolute atomic E-state index is 0.184. The molecule has 1 aromatic carbocycles. The van der Waals surface area contributed by atoms with Gasteiger partial charge >= 0.3 is 6.09 Å². The molecule has 0 radical (unpaired) electrons. The highest BCUT2D eigenvalue weighted by molar-refractivity contribution is 6.32. The van der Waals surface area contributed by atoms with Crippen molar-refractivity contribution in [2.45, 2.75) is 13.0 Å². The Bertz CT molecular complexity index is 524. The summed E-state index contributed by atoms with van der Waals surface area (Å²) in [6.45, 7) is 1.94. The Labute approximate surface area is 111 Å². The molecule has 0 unspecified atom stereocenters. The molecule has 0 aliphatic carbocycles. The van der Waals surface area contributed by atoms with Gasteiger partial charge in [0.25, 0.3) is 0 Å². The van der Waals surface area contributed by atoms with Crippen LogP contribution in [0.3, 0.4) is 0 Å². The third-order valence-electron chi connectivity index (χ3n) is 2.92. The van der Waals surface area contributed by atoms with Gasteiger partial charge in [-0.05, 0) is 12.1 Å². The van der Waals surface area contributed by atoms with E-state index in [4.69, 9.17) is 4.74 Å². The largest absolute Gasteiger partial charge is 0.442 e. The van der Waals surface area contributed by atoms with Crippen molar-refractivity contribution in [1.82, 2.24) is 5.32 Å². The Morgan fingerprint density at radius 2 is 2.37 bits per heavy atom. The molecule has 2 amide bonds. The molecule has 7 heteroatoms. The first-order valence-corrected chi connectivity index (χ1v) is 5.96. The van der Waals surface area contributed by atoms with Crippen LogP contribution in [0.15, 0.2) is 18.2 Å². The van der Waals surface area contributed by atoms with Crippen LogP contribution >= 0.6 is 0 Å². The molecule has 0 bridgehead atoms. The summed E-state index contributed by atoms with van der Waals surface area (Å²) in [5, 5.41) is 2.58. The van der Waals surface area contributed by atoms with Gasteiger partial charge in [-0.2, -0.15) is 0 Å². The average molecular weight is 264 g/mol. The minimum atomic E-state index is -0.529. The lowest BCUT2D eigenvalue weighted by Gasteiger charge is -2.13. The van der Waals surface area contributed by atoms with Gasteiger partial charge in [0.2, 0.25) is 5.91 Å². The van der Waals surface area contributed by atoms with E-state index in [1.54, 1.807) is 20.0 Å².